The van der Waals surface area contributed by atoms with Crippen LogP contribution in [0.2, 0.25) is 0 Å². The molecule has 0 aromatic heterocycles. The molecule has 5 nitrogen and oxygen atoms in total. The number of rotatable bonds is 4. The topological polar surface area (TPSA) is 77.0 Å². The van der Waals surface area contributed by atoms with Crippen LogP contribution in [-0.4, -0.2) is 25.2 Å². The molecule has 1 atom stereocenters. The van der Waals surface area contributed by atoms with E-state index in [0.717, 1.165) is 13.0 Å². The Kier molecular flexibility index (Phi) is 4.76. The van der Waals surface area contributed by atoms with E-state index in [1.807, 2.05) is 6.07 Å². The van der Waals surface area contributed by atoms with Gasteiger partial charge in [0, 0.05) is 18.3 Å². The summed E-state index contributed by atoms with van der Waals surface area (Å²) in [4.78, 5) is 11.7. The molecule has 1 saturated heterocycles. The van der Waals surface area contributed by atoms with Gasteiger partial charge in [0.2, 0.25) is 0 Å². The van der Waals surface area contributed by atoms with E-state index >= 15 is 0 Å². The molecule has 1 aromatic carbocycles. The van der Waals surface area contributed by atoms with Crippen molar-refractivity contribution in [1.82, 2.24) is 10.6 Å². The molecular weight excluding hydrogens is 240 g/mol. The summed E-state index contributed by atoms with van der Waals surface area (Å²) < 4.78 is 0. The molecule has 100 valence electrons. The van der Waals surface area contributed by atoms with E-state index < -0.39 is 0 Å². The monoisotopic (exact) mass is 258 g/mol. The van der Waals surface area contributed by atoms with Crippen LogP contribution < -0.4 is 16.0 Å². The van der Waals surface area contributed by atoms with Gasteiger partial charge >= 0.3 is 6.03 Å². The zero-order chi connectivity index (χ0) is 13.5. The maximum absolute atomic E-state index is 11.7. The maximum Gasteiger partial charge on any atom is 0.319 e. The molecule has 19 heavy (non-hydrogen) atoms. The smallest absolute Gasteiger partial charge is 0.319 e. The van der Waals surface area contributed by atoms with Gasteiger partial charge in [0.15, 0.2) is 0 Å². The van der Waals surface area contributed by atoms with Crippen molar-refractivity contribution >= 4 is 11.7 Å². The van der Waals surface area contributed by atoms with E-state index in [4.69, 9.17) is 5.26 Å². The normalized spacial score (nSPS) is 17.7. The van der Waals surface area contributed by atoms with Crippen LogP contribution >= 0.6 is 0 Å². The fourth-order valence-corrected chi connectivity index (χ4v) is 2.20. The summed E-state index contributed by atoms with van der Waals surface area (Å²) in [6.07, 6.45) is 3.36. The lowest BCUT2D eigenvalue weighted by atomic mass is 10.1. The predicted octanol–water partition coefficient (Wildman–Crippen LogP) is 1.82. The van der Waals surface area contributed by atoms with Crippen LogP contribution in [0.1, 0.15) is 24.8 Å². The van der Waals surface area contributed by atoms with E-state index in [-0.39, 0.29) is 6.03 Å². The zero-order valence-electron chi connectivity index (χ0n) is 10.8. The lowest BCUT2D eigenvalue weighted by molar-refractivity contribution is 0.251. The highest BCUT2D eigenvalue weighted by Crippen LogP contribution is 2.10. The summed E-state index contributed by atoms with van der Waals surface area (Å²) in [5.74, 6) is 0. The maximum atomic E-state index is 11.7. The van der Waals surface area contributed by atoms with Crippen molar-refractivity contribution in [3.05, 3.63) is 29.8 Å². The van der Waals surface area contributed by atoms with Gasteiger partial charge in [0.05, 0.1) is 11.6 Å². The van der Waals surface area contributed by atoms with Crippen LogP contribution in [0.4, 0.5) is 10.5 Å². The second-order valence-electron chi connectivity index (χ2n) is 4.66. The summed E-state index contributed by atoms with van der Waals surface area (Å²) in [5, 5.41) is 17.7. The SMILES string of the molecule is N#Cc1cccc(NC(=O)NCCC2CCCN2)c1. The second kappa shape index (κ2) is 6.76. The molecular formula is C14H18N4O. The van der Waals surface area contributed by atoms with Gasteiger partial charge in [-0.1, -0.05) is 6.07 Å². The lowest BCUT2D eigenvalue weighted by Crippen LogP contribution is -2.33. The predicted molar refractivity (Wildman–Crippen MR) is 73.8 cm³/mol. The number of hydrogen-bond donors (Lipinski definition) is 3. The third-order valence-corrected chi connectivity index (χ3v) is 3.19. The van der Waals surface area contributed by atoms with Crippen LogP contribution in [0.3, 0.4) is 0 Å². The molecule has 1 unspecified atom stereocenters. The van der Waals surface area contributed by atoms with Crippen molar-refractivity contribution in [2.45, 2.75) is 25.3 Å². The minimum atomic E-state index is -0.229. The molecule has 0 bridgehead atoms. The number of urea groups is 1. The lowest BCUT2D eigenvalue weighted by Gasteiger charge is -2.11. The molecule has 0 spiro atoms. The number of benzene rings is 1. The standard InChI is InChI=1S/C14H18N4O/c15-10-11-3-1-4-13(9-11)18-14(19)17-8-6-12-5-2-7-16-12/h1,3-4,9,12,16H,2,5-8H2,(H2,17,18,19). The molecule has 2 rings (SSSR count). The van der Waals surface area contributed by atoms with Crippen LogP contribution in [0.15, 0.2) is 24.3 Å². The largest absolute Gasteiger partial charge is 0.338 e. The molecule has 0 aliphatic carbocycles. The minimum absolute atomic E-state index is 0.229. The Bertz CT molecular complexity index is 475. The van der Waals surface area contributed by atoms with Crippen molar-refractivity contribution < 1.29 is 4.79 Å². The molecule has 0 radical (unpaired) electrons. The summed E-state index contributed by atoms with van der Waals surface area (Å²) in [5.41, 5.74) is 1.17. The fourth-order valence-electron chi connectivity index (χ4n) is 2.20. The number of carbonyl (C=O) groups excluding carboxylic acids is 1. The summed E-state index contributed by atoms with van der Waals surface area (Å²) in [7, 11) is 0. The number of amides is 2. The van der Waals surface area contributed by atoms with E-state index in [0.29, 0.717) is 23.8 Å². The van der Waals surface area contributed by atoms with E-state index in [9.17, 15) is 4.79 Å². The molecule has 1 aliphatic rings. The van der Waals surface area contributed by atoms with Crippen molar-refractivity contribution in [2.24, 2.45) is 0 Å². The van der Waals surface area contributed by atoms with Crippen LogP contribution in [-0.2, 0) is 0 Å². The van der Waals surface area contributed by atoms with Gasteiger partial charge in [-0.25, -0.2) is 4.79 Å². The Morgan fingerprint density at radius 2 is 2.42 bits per heavy atom. The van der Waals surface area contributed by atoms with E-state index in [2.05, 4.69) is 16.0 Å². The van der Waals surface area contributed by atoms with Crippen LogP contribution in [0.25, 0.3) is 0 Å². The number of nitrogens with zero attached hydrogens (tertiary/aromatic N) is 1. The summed E-state index contributed by atoms with van der Waals surface area (Å²) in [6, 6.07) is 9.21. The van der Waals surface area contributed by atoms with Gasteiger partial charge in [-0.05, 0) is 44.0 Å². The molecule has 0 saturated carbocycles. The van der Waals surface area contributed by atoms with Gasteiger partial charge in [0.25, 0.3) is 0 Å². The Balaban J connectivity index is 1.72. The Labute approximate surface area is 113 Å². The van der Waals surface area contributed by atoms with Crippen molar-refractivity contribution in [3.63, 3.8) is 0 Å². The molecule has 1 aliphatic heterocycles. The molecule has 3 N–H and O–H groups in total. The molecule has 1 aromatic rings. The molecule has 1 heterocycles. The number of carbonyl (C=O) groups is 1. The number of nitriles is 1. The van der Waals surface area contributed by atoms with Gasteiger partial charge < -0.3 is 16.0 Å². The first-order valence-electron chi connectivity index (χ1n) is 6.56. The van der Waals surface area contributed by atoms with Crippen molar-refractivity contribution in [3.8, 4) is 6.07 Å². The van der Waals surface area contributed by atoms with Crippen molar-refractivity contribution in [2.75, 3.05) is 18.4 Å². The van der Waals surface area contributed by atoms with E-state index in [1.54, 1.807) is 24.3 Å². The second-order valence-corrected chi connectivity index (χ2v) is 4.66. The first kappa shape index (κ1) is 13.4. The quantitative estimate of drug-likeness (QED) is 0.771. The fraction of sp³-hybridized carbons (Fsp3) is 0.429. The average molecular weight is 258 g/mol. The summed E-state index contributed by atoms with van der Waals surface area (Å²) >= 11 is 0. The highest BCUT2D eigenvalue weighted by atomic mass is 16.2. The van der Waals surface area contributed by atoms with Gasteiger partial charge in [-0.15, -0.1) is 0 Å². The summed E-state index contributed by atoms with van der Waals surface area (Å²) in [6.45, 7) is 1.74. The average Bonchev–Trinajstić information content (AvgIpc) is 2.92. The van der Waals surface area contributed by atoms with Gasteiger partial charge in [-0.2, -0.15) is 5.26 Å². The molecule has 1 fully saturated rings. The highest BCUT2D eigenvalue weighted by molar-refractivity contribution is 5.89. The minimum Gasteiger partial charge on any atom is -0.338 e. The van der Waals surface area contributed by atoms with Gasteiger partial charge in [-0.3, -0.25) is 0 Å². The van der Waals surface area contributed by atoms with E-state index in [1.165, 1.54) is 12.8 Å². The Morgan fingerprint density at radius 1 is 1.53 bits per heavy atom. The van der Waals surface area contributed by atoms with Crippen LogP contribution in [0.5, 0.6) is 0 Å². The third kappa shape index (κ3) is 4.27. The number of anilines is 1. The number of nitrogens with one attached hydrogen (secondary N) is 3. The van der Waals surface area contributed by atoms with Crippen molar-refractivity contribution in [1.29, 1.82) is 5.26 Å². The Hall–Kier alpha value is -2.06. The first-order chi connectivity index (χ1) is 9.28. The first-order valence-corrected chi connectivity index (χ1v) is 6.56. The third-order valence-electron chi connectivity index (χ3n) is 3.19. The Morgan fingerprint density at radius 3 is 3.16 bits per heavy atom. The van der Waals surface area contributed by atoms with Crippen LogP contribution in [0, 0.1) is 11.3 Å². The zero-order valence-corrected chi connectivity index (χ0v) is 10.8. The number of hydrogen-bond acceptors (Lipinski definition) is 3. The molecule has 2 amide bonds. The van der Waals surface area contributed by atoms with Gasteiger partial charge in [0.1, 0.15) is 0 Å². The molecule has 5 heteroatoms. The highest BCUT2D eigenvalue weighted by Gasteiger charge is 2.13.